The van der Waals surface area contributed by atoms with E-state index in [1.165, 1.54) is 18.2 Å². The van der Waals surface area contributed by atoms with Gasteiger partial charge in [0.15, 0.2) is 0 Å². The van der Waals surface area contributed by atoms with Gasteiger partial charge < -0.3 is 15.7 Å². The molecule has 0 aliphatic heterocycles. The van der Waals surface area contributed by atoms with Crippen LogP contribution in [-0.4, -0.2) is 27.6 Å². The van der Waals surface area contributed by atoms with Crippen LogP contribution in [0.5, 0.6) is 0 Å². The number of hydrogen-bond donors (Lipinski definition) is 3. The molecule has 0 radical (unpaired) electrons. The van der Waals surface area contributed by atoms with Gasteiger partial charge in [0.05, 0.1) is 4.92 Å². The fourth-order valence-electron chi connectivity index (χ4n) is 2.24. The highest BCUT2D eigenvalue weighted by molar-refractivity contribution is 5.94. The number of carbonyl (C=O) groups is 2. The molecule has 0 spiro atoms. The minimum Gasteiger partial charge on any atom is -0.480 e. The number of nitrogens with zero attached hydrogens (tertiary/aromatic N) is 1. The van der Waals surface area contributed by atoms with Crippen LogP contribution in [0.25, 0.3) is 0 Å². The highest BCUT2D eigenvalue weighted by Crippen LogP contribution is 2.32. The van der Waals surface area contributed by atoms with Crippen LogP contribution in [0.15, 0.2) is 18.2 Å². The number of aliphatic carboxylic acids is 1. The summed E-state index contributed by atoms with van der Waals surface area (Å²) in [6.07, 6.45) is 1.55. The number of hydrogen-bond acceptors (Lipinski definition) is 4. The first-order chi connectivity index (χ1) is 9.84. The van der Waals surface area contributed by atoms with Gasteiger partial charge in [-0.15, -0.1) is 0 Å². The van der Waals surface area contributed by atoms with Gasteiger partial charge >= 0.3 is 12.0 Å². The molecule has 1 aliphatic rings. The third-order valence-corrected chi connectivity index (χ3v) is 3.62. The van der Waals surface area contributed by atoms with E-state index in [9.17, 15) is 19.7 Å². The van der Waals surface area contributed by atoms with Crippen molar-refractivity contribution < 1.29 is 19.6 Å². The Labute approximate surface area is 120 Å². The number of aryl methyl sites for hydroxylation is 1. The summed E-state index contributed by atoms with van der Waals surface area (Å²) in [5, 5.41) is 24.8. The van der Waals surface area contributed by atoms with Crippen molar-refractivity contribution in [3.8, 4) is 0 Å². The molecule has 0 atom stereocenters. The van der Waals surface area contributed by atoms with Crippen LogP contribution in [0.4, 0.5) is 16.2 Å². The number of amides is 2. The fraction of sp³-hybridized carbons (Fsp3) is 0.385. The van der Waals surface area contributed by atoms with E-state index in [1.807, 2.05) is 0 Å². The van der Waals surface area contributed by atoms with Crippen LogP contribution in [0, 0.1) is 17.0 Å². The summed E-state index contributed by atoms with van der Waals surface area (Å²) in [5.41, 5.74) is -0.452. The van der Waals surface area contributed by atoms with Gasteiger partial charge in [-0.05, 0) is 38.3 Å². The third-order valence-electron chi connectivity index (χ3n) is 3.62. The molecule has 1 aromatic carbocycles. The van der Waals surface area contributed by atoms with E-state index in [0.29, 0.717) is 24.1 Å². The molecule has 1 aliphatic carbocycles. The number of nitro groups is 1. The summed E-state index contributed by atoms with van der Waals surface area (Å²) < 4.78 is 0. The second-order valence-electron chi connectivity index (χ2n) is 5.08. The van der Waals surface area contributed by atoms with Crippen molar-refractivity contribution in [3.63, 3.8) is 0 Å². The predicted molar refractivity (Wildman–Crippen MR) is 74.2 cm³/mol. The zero-order chi connectivity index (χ0) is 15.6. The lowest BCUT2D eigenvalue weighted by Crippen LogP contribution is -2.60. The summed E-state index contributed by atoms with van der Waals surface area (Å²) in [6, 6.07) is 3.52. The van der Waals surface area contributed by atoms with Gasteiger partial charge in [-0.2, -0.15) is 0 Å². The molecule has 112 valence electrons. The molecule has 2 amide bonds. The average molecular weight is 293 g/mol. The van der Waals surface area contributed by atoms with E-state index < -0.39 is 22.5 Å². The van der Waals surface area contributed by atoms with E-state index in [1.54, 1.807) is 6.92 Å². The summed E-state index contributed by atoms with van der Waals surface area (Å²) >= 11 is 0. The Morgan fingerprint density at radius 2 is 2.05 bits per heavy atom. The van der Waals surface area contributed by atoms with Gasteiger partial charge in [0.1, 0.15) is 5.54 Å². The first-order valence-electron chi connectivity index (χ1n) is 6.42. The van der Waals surface area contributed by atoms with Crippen LogP contribution in [0.2, 0.25) is 0 Å². The highest BCUT2D eigenvalue weighted by atomic mass is 16.6. The standard InChI is InChI=1S/C13H15N3O5/c1-8-7-9(3-4-10(8)16(20)21)14-12(19)15-13(11(17)18)5-2-6-13/h3-4,7H,2,5-6H2,1H3,(H,17,18)(H2,14,15,19). The molecule has 0 bridgehead atoms. The molecule has 0 heterocycles. The first kappa shape index (κ1) is 14.8. The lowest BCUT2D eigenvalue weighted by Gasteiger charge is -2.38. The number of carboxylic acid groups (broad SMARTS) is 1. The maximum atomic E-state index is 11.8. The third kappa shape index (κ3) is 2.93. The highest BCUT2D eigenvalue weighted by Gasteiger charge is 2.45. The molecule has 0 unspecified atom stereocenters. The van der Waals surface area contributed by atoms with E-state index in [-0.39, 0.29) is 5.69 Å². The Morgan fingerprint density at radius 1 is 1.38 bits per heavy atom. The molecular formula is C13H15N3O5. The Bertz CT molecular complexity index is 610. The molecule has 1 fully saturated rings. The van der Waals surface area contributed by atoms with E-state index >= 15 is 0 Å². The number of benzene rings is 1. The lowest BCUT2D eigenvalue weighted by atomic mass is 9.77. The molecule has 1 aromatic rings. The fourth-order valence-corrected chi connectivity index (χ4v) is 2.24. The normalized spacial score (nSPS) is 15.7. The molecule has 8 nitrogen and oxygen atoms in total. The minimum atomic E-state index is -1.19. The second kappa shape index (κ2) is 5.39. The number of nitro benzene ring substituents is 1. The molecule has 3 N–H and O–H groups in total. The molecule has 8 heteroatoms. The van der Waals surface area contributed by atoms with Crippen LogP contribution < -0.4 is 10.6 Å². The van der Waals surface area contributed by atoms with Gasteiger partial charge in [-0.1, -0.05) is 0 Å². The minimum absolute atomic E-state index is 0.0399. The number of carbonyl (C=O) groups excluding carboxylic acids is 1. The van der Waals surface area contributed by atoms with E-state index in [2.05, 4.69) is 10.6 Å². The smallest absolute Gasteiger partial charge is 0.329 e. The number of rotatable bonds is 4. The molecular weight excluding hydrogens is 278 g/mol. The molecule has 1 saturated carbocycles. The average Bonchev–Trinajstić information content (AvgIpc) is 2.32. The Hall–Kier alpha value is -2.64. The Balaban J connectivity index is 2.05. The number of nitrogens with one attached hydrogen (secondary N) is 2. The van der Waals surface area contributed by atoms with Crippen molar-refractivity contribution in [3.05, 3.63) is 33.9 Å². The quantitative estimate of drug-likeness (QED) is 0.579. The van der Waals surface area contributed by atoms with Crippen LogP contribution >= 0.6 is 0 Å². The van der Waals surface area contributed by atoms with Gasteiger partial charge in [-0.3, -0.25) is 10.1 Å². The summed E-state index contributed by atoms with van der Waals surface area (Å²) in [5.74, 6) is -1.05. The van der Waals surface area contributed by atoms with Crippen LogP contribution in [0.3, 0.4) is 0 Å². The zero-order valence-electron chi connectivity index (χ0n) is 11.4. The number of urea groups is 1. The number of carboxylic acids is 1. The molecule has 0 aromatic heterocycles. The van der Waals surface area contributed by atoms with Gasteiger partial charge in [-0.25, -0.2) is 9.59 Å². The van der Waals surface area contributed by atoms with Crippen molar-refractivity contribution in [2.24, 2.45) is 0 Å². The Morgan fingerprint density at radius 3 is 2.48 bits per heavy atom. The Kier molecular flexibility index (Phi) is 3.79. The van der Waals surface area contributed by atoms with Crippen molar-refractivity contribution in [2.75, 3.05) is 5.32 Å². The summed E-state index contributed by atoms with van der Waals surface area (Å²) in [7, 11) is 0. The predicted octanol–water partition coefficient (Wildman–Crippen LogP) is 2.03. The molecule has 0 saturated heterocycles. The lowest BCUT2D eigenvalue weighted by molar-refractivity contribution is -0.385. The number of anilines is 1. The van der Waals surface area contributed by atoms with Crippen LogP contribution in [0.1, 0.15) is 24.8 Å². The molecule has 2 rings (SSSR count). The topological polar surface area (TPSA) is 122 Å². The largest absolute Gasteiger partial charge is 0.480 e. The van der Waals surface area contributed by atoms with Crippen molar-refractivity contribution >= 4 is 23.4 Å². The first-order valence-corrected chi connectivity index (χ1v) is 6.42. The maximum Gasteiger partial charge on any atom is 0.329 e. The van der Waals surface area contributed by atoms with Crippen molar-refractivity contribution in [1.29, 1.82) is 0 Å². The maximum absolute atomic E-state index is 11.8. The van der Waals surface area contributed by atoms with Crippen LogP contribution in [-0.2, 0) is 4.79 Å². The van der Waals surface area contributed by atoms with Gasteiger partial charge in [0.25, 0.3) is 5.69 Å². The molecule has 21 heavy (non-hydrogen) atoms. The van der Waals surface area contributed by atoms with Crippen molar-refractivity contribution in [2.45, 2.75) is 31.7 Å². The van der Waals surface area contributed by atoms with Gasteiger partial charge in [0.2, 0.25) is 0 Å². The summed E-state index contributed by atoms with van der Waals surface area (Å²) in [4.78, 5) is 33.2. The van der Waals surface area contributed by atoms with Gasteiger partial charge in [0, 0.05) is 17.3 Å². The second-order valence-corrected chi connectivity index (χ2v) is 5.08. The zero-order valence-corrected chi connectivity index (χ0v) is 11.4. The SMILES string of the molecule is Cc1cc(NC(=O)NC2(C(=O)O)CCC2)ccc1[N+](=O)[O-]. The van der Waals surface area contributed by atoms with Crippen molar-refractivity contribution in [1.82, 2.24) is 5.32 Å². The van der Waals surface area contributed by atoms with E-state index in [4.69, 9.17) is 5.11 Å². The monoisotopic (exact) mass is 293 g/mol. The summed E-state index contributed by atoms with van der Waals surface area (Å²) in [6.45, 7) is 1.56. The van der Waals surface area contributed by atoms with E-state index in [0.717, 1.165) is 6.42 Å².